The SMILES string of the molecule is Cc1cccc(-c2noc(CC3CCN(C(=O)CN(C)C)CC3)n2)n1. The van der Waals surface area contributed by atoms with Gasteiger partial charge < -0.3 is 14.3 Å². The molecule has 1 saturated heterocycles. The molecule has 0 bridgehead atoms. The molecule has 3 heterocycles. The van der Waals surface area contributed by atoms with E-state index in [1.54, 1.807) is 0 Å². The Morgan fingerprint density at radius 2 is 2.04 bits per heavy atom. The summed E-state index contributed by atoms with van der Waals surface area (Å²) < 4.78 is 5.40. The van der Waals surface area contributed by atoms with Gasteiger partial charge in [-0.05, 0) is 51.9 Å². The van der Waals surface area contributed by atoms with Gasteiger partial charge in [0.15, 0.2) is 0 Å². The minimum absolute atomic E-state index is 0.203. The van der Waals surface area contributed by atoms with E-state index < -0.39 is 0 Å². The lowest BCUT2D eigenvalue weighted by molar-refractivity contribution is -0.133. The van der Waals surface area contributed by atoms with Crippen LogP contribution in [-0.4, -0.2) is 64.6 Å². The Bertz CT molecular complexity index is 720. The molecule has 3 rings (SSSR count). The molecule has 1 aliphatic rings. The number of likely N-dealkylation sites (tertiary alicyclic amines) is 1. The van der Waals surface area contributed by atoms with Gasteiger partial charge in [0, 0.05) is 25.2 Å². The second kappa shape index (κ2) is 7.74. The van der Waals surface area contributed by atoms with Crippen molar-refractivity contribution in [2.45, 2.75) is 26.2 Å². The number of carbonyl (C=O) groups excluding carboxylic acids is 1. The van der Waals surface area contributed by atoms with E-state index in [9.17, 15) is 4.79 Å². The van der Waals surface area contributed by atoms with Crippen LogP contribution in [0.5, 0.6) is 0 Å². The number of piperidine rings is 1. The highest BCUT2D eigenvalue weighted by Crippen LogP contribution is 2.22. The zero-order chi connectivity index (χ0) is 17.8. The van der Waals surface area contributed by atoms with Crippen LogP contribution in [-0.2, 0) is 11.2 Å². The third-order valence-electron chi connectivity index (χ3n) is 4.47. The van der Waals surface area contributed by atoms with Gasteiger partial charge in [-0.15, -0.1) is 0 Å². The molecule has 7 nitrogen and oxygen atoms in total. The summed E-state index contributed by atoms with van der Waals surface area (Å²) in [5.41, 5.74) is 1.66. The minimum atomic E-state index is 0.203. The molecule has 7 heteroatoms. The van der Waals surface area contributed by atoms with Crippen molar-refractivity contribution < 1.29 is 9.32 Å². The maximum absolute atomic E-state index is 12.1. The highest BCUT2D eigenvalue weighted by atomic mass is 16.5. The van der Waals surface area contributed by atoms with Gasteiger partial charge in [-0.1, -0.05) is 11.2 Å². The average molecular weight is 343 g/mol. The number of hydrogen-bond donors (Lipinski definition) is 0. The standard InChI is InChI=1S/C18H25N5O2/c1-13-5-4-6-15(19-13)18-20-16(25-21-18)11-14-7-9-23(10-8-14)17(24)12-22(2)3/h4-6,14H,7-12H2,1-3H3. The van der Waals surface area contributed by atoms with Gasteiger partial charge in [0.2, 0.25) is 17.6 Å². The first kappa shape index (κ1) is 17.5. The molecule has 0 unspecified atom stereocenters. The van der Waals surface area contributed by atoms with Gasteiger partial charge in [0.1, 0.15) is 5.69 Å². The van der Waals surface area contributed by atoms with Crippen LogP contribution in [0, 0.1) is 12.8 Å². The van der Waals surface area contributed by atoms with E-state index in [2.05, 4.69) is 15.1 Å². The molecule has 0 aliphatic carbocycles. The van der Waals surface area contributed by atoms with E-state index >= 15 is 0 Å². The predicted molar refractivity (Wildman–Crippen MR) is 93.8 cm³/mol. The van der Waals surface area contributed by atoms with E-state index in [0.29, 0.717) is 24.2 Å². The fourth-order valence-electron chi connectivity index (χ4n) is 3.11. The molecule has 0 radical (unpaired) electrons. The number of pyridine rings is 1. The van der Waals surface area contributed by atoms with Crippen molar-refractivity contribution in [3.8, 4) is 11.5 Å². The van der Waals surface area contributed by atoms with Crippen molar-refractivity contribution >= 4 is 5.91 Å². The maximum Gasteiger partial charge on any atom is 0.236 e. The zero-order valence-corrected chi connectivity index (χ0v) is 15.1. The van der Waals surface area contributed by atoms with Crippen molar-refractivity contribution in [1.82, 2.24) is 24.9 Å². The van der Waals surface area contributed by atoms with Crippen LogP contribution in [0.3, 0.4) is 0 Å². The molecular formula is C18H25N5O2. The van der Waals surface area contributed by atoms with E-state index in [-0.39, 0.29) is 5.91 Å². The quantitative estimate of drug-likeness (QED) is 0.824. The van der Waals surface area contributed by atoms with Crippen LogP contribution >= 0.6 is 0 Å². The van der Waals surface area contributed by atoms with E-state index in [1.807, 2.05) is 49.0 Å². The molecule has 1 fully saturated rings. The Balaban J connectivity index is 1.54. The number of aryl methyl sites for hydroxylation is 1. The first-order valence-corrected chi connectivity index (χ1v) is 8.70. The Labute approximate surface area is 148 Å². The lowest BCUT2D eigenvalue weighted by atomic mass is 9.93. The fourth-order valence-corrected chi connectivity index (χ4v) is 3.11. The number of amides is 1. The highest BCUT2D eigenvalue weighted by Gasteiger charge is 2.24. The summed E-state index contributed by atoms with van der Waals surface area (Å²) in [6.45, 7) is 4.02. The number of aromatic nitrogens is 3. The van der Waals surface area contributed by atoms with Gasteiger partial charge in [-0.25, -0.2) is 4.98 Å². The maximum atomic E-state index is 12.1. The zero-order valence-electron chi connectivity index (χ0n) is 15.1. The molecule has 0 aromatic carbocycles. The van der Waals surface area contributed by atoms with Crippen molar-refractivity contribution in [2.24, 2.45) is 5.92 Å². The van der Waals surface area contributed by atoms with E-state index in [0.717, 1.165) is 43.7 Å². The molecule has 1 amide bonds. The topological polar surface area (TPSA) is 75.4 Å². The van der Waals surface area contributed by atoms with Crippen LogP contribution in [0.1, 0.15) is 24.4 Å². The fraction of sp³-hybridized carbons (Fsp3) is 0.556. The largest absolute Gasteiger partial charge is 0.342 e. The number of likely N-dealkylation sites (N-methyl/N-ethyl adjacent to an activating group) is 1. The van der Waals surface area contributed by atoms with Crippen LogP contribution in [0.25, 0.3) is 11.5 Å². The van der Waals surface area contributed by atoms with Crippen LogP contribution in [0.2, 0.25) is 0 Å². The number of nitrogens with zero attached hydrogens (tertiary/aromatic N) is 5. The second-order valence-electron chi connectivity index (χ2n) is 6.94. The van der Waals surface area contributed by atoms with Crippen LogP contribution < -0.4 is 0 Å². The van der Waals surface area contributed by atoms with Crippen molar-refractivity contribution in [1.29, 1.82) is 0 Å². The van der Waals surface area contributed by atoms with Gasteiger partial charge >= 0.3 is 0 Å². The van der Waals surface area contributed by atoms with Crippen LogP contribution in [0.4, 0.5) is 0 Å². The van der Waals surface area contributed by atoms with Crippen LogP contribution in [0.15, 0.2) is 22.7 Å². The summed E-state index contributed by atoms with van der Waals surface area (Å²) in [6.07, 6.45) is 2.70. The summed E-state index contributed by atoms with van der Waals surface area (Å²) in [5, 5.41) is 4.05. The third kappa shape index (κ3) is 4.63. The number of carbonyl (C=O) groups is 1. The lowest BCUT2D eigenvalue weighted by Gasteiger charge is -2.32. The Morgan fingerprint density at radius 1 is 1.28 bits per heavy atom. The van der Waals surface area contributed by atoms with Gasteiger partial charge in [0.25, 0.3) is 0 Å². The molecule has 1 aliphatic heterocycles. The van der Waals surface area contributed by atoms with Crippen molar-refractivity contribution in [3.05, 3.63) is 29.8 Å². The normalized spacial score (nSPS) is 15.8. The third-order valence-corrected chi connectivity index (χ3v) is 4.47. The summed E-state index contributed by atoms with van der Waals surface area (Å²) in [6, 6.07) is 5.76. The number of hydrogen-bond acceptors (Lipinski definition) is 6. The molecule has 0 spiro atoms. The summed E-state index contributed by atoms with van der Waals surface area (Å²) in [5.74, 6) is 1.87. The lowest BCUT2D eigenvalue weighted by Crippen LogP contribution is -2.42. The van der Waals surface area contributed by atoms with Gasteiger partial charge in [0.05, 0.1) is 6.54 Å². The smallest absolute Gasteiger partial charge is 0.236 e. The molecule has 134 valence electrons. The Morgan fingerprint density at radius 3 is 2.72 bits per heavy atom. The molecule has 2 aromatic rings. The molecular weight excluding hydrogens is 318 g/mol. The van der Waals surface area contributed by atoms with Gasteiger partial charge in [-0.2, -0.15) is 4.98 Å². The summed E-state index contributed by atoms with van der Waals surface area (Å²) in [7, 11) is 3.84. The molecule has 2 aromatic heterocycles. The molecule has 0 N–H and O–H groups in total. The van der Waals surface area contributed by atoms with Crippen molar-refractivity contribution in [2.75, 3.05) is 33.7 Å². The van der Waals surface area contributed by atoms with Gasteiger partial charge in [-0.3, -0.25) is 4.79 Å². The Kier molecular flexibility index (Phi) is 5.43. The van der Waals surface area contributed by atoms with Crippen molar-refractivity contribution in [3.63, 3.8) is 0 Å². The molecule has 0 atom stereocenters. The summed E-state index contributed by atoms with van der Waals surface area (Å²) >= 11 is 0. The first-order chi connectivity index (χ1) is 12.0. The highest BCUT2D eigenvalue weighted by molar-refractivity contribution is 5.78. The molecule has 0 saturated carbocycles. The monoisotopic (exact) mass is 343 g/mol. The van der Waals surface area contributed by atoms with E-state index in [4.69, 9.17) is 4.52 Å². The minimum Gasteiger partial charge on any atom is -0.342 e. The van der Waals surface area contributed by atoms with E-state index in [1.165, 1.54) is 0 Å². The summed E-state index contributed by atoms with van der Waals surface area (Å²) in [4.78, 5) is 24.9. The Hall–Kier alpha value is -2.28. The predicted octanol–water partition coefficient (Wildman–Crippen LogP) is 1.78. The molecule has 25 heavy (non-hydrogen) atoms. The second-order valence-corrected chi connectivity index (χ2v) is 6.94. The number of rotatable bonds is 5. The average Bonchev–Trinajstić information content (AvgIpc) is 3.03. The first-order valence-electron chi connectivity index (χ1n) is 8.70.